The Kier molecular flexibility index (Phi) is 6.27. The smallest absolute Gasteiger partial charge is 0.275 e. The minimum Gasteiger partial charge on any atom is -0.506 e. The van der Waals surface area contributed by atoms with E-state index >= 15 is 0 Å². The first kappa shape index (κ1) is 23.3. The standard InChI is InChI=1S/C23H19ClN4O5S/c1-14-18-7-2-3-8-19(18)23(31)28(26-14)13-22(30)25-20-12-17(9-10-21(20)29)34(32,33)27-16-6-4-5-15(24)11-16/h2-12,27,29H,13H2,1H3,(H,25,30). The molecule has 11 heteroatoms. The van der Waals surface area contributed by atoms with Crippen LogP contribution in [0.15, 0.2) is 76.4 Å². The number of nitrogens with one attached hydrogen (secondary N) is 2. The van der Waals surface area contributed by atoms with Crippen molar-refractivity contribution in [1.29, 1.82) is 0 Å². The molecule has 4 aromatic rings. The largest absolute Gasteiger partial charge is 0.506 e. The molecule has 9 nitrogen and oxygen atoms in total. The predicted molar refractivity (Wildman–Crippen MR) is 130 cm³/mol. The lowest BCUT2D eigenvalue weighted by Crippen LogP contribution is -2.30. The van der Waals surface area contributed by atoms with Gasteiger partial charge in [0.25, 0.3) is 15.6 Å². The number of benzene rings is 3. The molecule has 0 radical (unpaired) electrons. The van der Waals surface area contributed by atoms with E-state index in [0.29, 0.717) is 21.5 Å². The van der Waals surface area contributed by atoms with Crippen molar-refractivity contribution in [1.82, 2.24) is 9.78 Å². The van der Waals surface area contributed by atoms with Gasteiger partial charge in [0, 0.05) is 10.4 Å². The van der Waals surface area contributed by atoms with Gasteiger partial charge in [0.1, 0.15) is 12.3 Å². The van der Waals surface area contributed by atoms with Crippen molar-refractivity contribution in [3.63, 3.8) is 0 Å². The van der Waals surface area contributed by atoms with Gasteiger partial charge in [-0.2, -0.15) is 5.10 Å². The maximum atomic E-state index is 12.8. The van der Waals surface area contributed by atoms with Crippen LogP contribution in [-0.4, -0.2) is 29.2 Å². The Morgan fingerprint density at radius 3 is 2.53 bits per heavy atom. The fourth-order valence-corrected chi connectivity index (χ4v) is 4.65. The summed E-state index contributed by atoms with van der Waals surface area (Å²) in [6, 6.07) is 16.5. The third-order valence-corrected chi connectivity index (χ3v) is 6.59. The van der Waals surface area contributed by atoms with Gasteiger partial charge in [-0.1, -0.05) is 35.9 Å². The molecular weight excluding hydrogens is 480 g/mol. The van der Waals surface area contributed by atoms with Gasteiger partial charge in [0.05, 0.1) is 27.4 Å². The van der Waals surface area contributed by atoms with Crippen molar-refractivity contribution in [2.75, 3.05) is 10.0 Å². The Labute approximate surface area is 199 Å². The number of fused-ring (bicyclic) bond motifs is 1. The van der Waals surface area contributed by atoms with E-state index in [0.717, 1.165) is 16.8 Å². The molecule has 0 spiro atoms. The van der Waals surface area contributed by atoms with Gasteiger partial charge in [0.2, 0.25) is 5.91 Å². The molecule has 0 unspecified atom stereocenters. The topological polar surface area (TPSA) is 130 Å². The summed E-state index contributed by atoms with van der Waals surface area (Å²) in [6.45, 7) is 1.30. The van der Waals surface area contributed by atoms with Crippen LogP contribution in [0, 0.1) is 6.92 Å². The third-order valence-electron chi connectivity index (χ3n) is 4.98. The van der Waals surface area contributed by atoms with Crippen molar-refractivity contribution in [3.05, 3.63) is 87.8 Å². The minimum atomic E-state index is -4.04. The van der Waals surface area contributed by atoms with Crippen molar-refractivity contribution in [3.8, 4) is 5.75 Å². The number of aryl methyl sites for hydroxylation is 1. The highest BCUT2D eigenvalue weighted by Crippen LogP contribution is 2.28. The fourth-order valence-electron chi connectivity index (χ4n) is 3.39. The number of hydrogen-bond donors (Lipinski definition) is 3. The zero-order valence-electron chi connectivity index (χ0n) is 17.8. The highest BCUT2D eigenvalue weighted by atomic mass is 35.5. The van der Waals surface area contributed by atoms with Crippen LogP contribution >= 0.6 is 11.6 Å². The summed E-state index contributed by atoms with van der Waals surface area (Å²) in [5, 5.41) is 18.2. The first-order valence-corrected chi connectivity index (χ1v) is 11.9. The summed E-state index contributed by atoms with van der Waals surface area (Å²) in [4.78, 5) is 25.1. The fraction of sp³-hybridized carbons (Fsp3) is 0.0870. The van der Waals surface area contributed by atoms with Crippen LogP contribution in [0.1, 0.15) is 5.69 Å². The quantitative estimate of drug-likeness (QED) is 0.349. The van der Waals surface area contributed by atoms with Crippen LogP contribution in [0.5, 0.6) is 5.75 Å². The minimum absolute atomic E-state index is 0.135. The Balaban J connectivity index is 1.57. The summed E-state index contributed by atoms with van der Waals surface area (Å²) in [5.74, 6) is -1.01. The van der Waals surface area contributed by atoms with Gasteiger partial charge < -0.3 is 10.4 Å². The molecule has 0 aliphatic heterocycles. The lowest BCUT2D eigenvalue weighted by molar-refractivity contribution is -0.117. The van der Waals surface area contributed by atoms with Crippen LogP contribution in [0.4, 0.5) is 11.4 Å². The highest BCUT2D eigenvalue weighted by Gasteiger charge is 2.18. The van der Waals surface area contributed by atoms with Crippen molar-refractivity contribution >= 4 is 49.7 Å². The molecule has 4 rings (SSSR count). The summed E-state index contributed by atoms with van der Waals surface area (Å²) in [7, 11) is -4.04. The average molecular weight is 499 g/mol. The number of carbonyl (C=O) groups excluding carboxylic acids is 1. The monoisotopic (exact) mass is 498 g/mol. The van der Waals surface area contributed by atoms with E-state index in [9.17, 15) is 23.1 Å². The zero-order chi connectivity index (χ0) is 24.5. The first-order chi connectivity index (χ1) is 16.1. The summed E-state index contributed by atoms with van der Waals surface area (Å²) in [6.07, 6.45) is 0. The summed E-state index contributed by atoms with van der Waals surface area (Å²) >= 11 is 5.90. The summed E-state index contributed by atoms with van der Waals surface area (Å²) < 4.78 is 28.9. The van der Waals surface area contributed by atoms with Gasteiger partial charge in [0.15, 0.2) is 0 Å². The number of phenolic OH excluding ortho intramolecular Hbond substituents is 1. The number of carbonyl (C=O) groups is 1. The molecule has 3 N–H and O–H groups in total. The van der Waals surface area contributed by atoms with E-state index in [1.165, 1.54) is 18.2 Å². The van der Waals surface area contributed by atoms with Crippen LogP contribution in [0.25, 0.3) is 10.8 Å². The van der Waals surface area contributed by atoms with Gasteiger partial charge in [-0.25, -0.2) is 13.1 Å². The molecule has 0 bridgehead atoms. The predicted octanol–water partition coefficient (Wildman–Crippen LogP) is 3.50. The van der Waals surface area contributed by atoms with Gasteiger partial charge in [-0.3, -0.25) is 14.3 Å². The number of halogens is 1. The number of phenols is 1. The van der Waals surface area contributed by atoms with E-state index in [1.807, 2.05) is 0 Å². The molecule has 1 aromatic heterocycles. The second-order valence-electron chi connectivity index (χ2n) is 7.44. The molecule has 0 aliphatic carbocycles. The lowest BCUT2D eigenvalue weighted by atomic mass is 10.1. The van der Waals surface area contributed by atoms with E-state index in [-0.39, 0.29) is 22.0 Å². The maximum Gasteiger partial charge on any atom is 0.275 e. The van der Waals surface area contributed by atoms with Gasteiger partial charge >= 0.3 is 0 Å². The number of aromatic hydroxyl groups is 1. The molecule has 34 heavy (non-hydrogen) atoms. The van der Waals surface area contributed by atoms with Crippen LogP contribution < -0.4 is 15.6 Å². The molecule has 1 amide bonds. The van der Waals surface area contributed by atoms with Crippen molar-refractivity contribution in [2.45, 2.75) is 18.4 Å². The van der Waals surface area contributed by atoms with E-state index in [4.69, 9.17) is 11.6 Å². The van der Waals surface area contributed by atoms with Crippen LogP contribution in [-0.2, 0) is 21.4 Å². The average Bonchev–Trinajstić information content (AvgIpc) is 2.78. The van der Waals surface area contributed by atoms with Gasteiger partial charge in [-0.15, -0.1) is 0 Å². The SMILES string of the molecule is Cc1nn(CC(=O)Nc2cc(S(=O)(=O)Nc3cccc(Cl)c3)ccc2O)c(=O)c2ccccc12. The zero-order valence-corrected chi connectivity index (χ0v) is 19.4. The number of anilines is 2. The van der Waals surface area contributed by atoms with Crippen LogP contribution in [0.2, 0.25) is 5.02 Å². The number of rotatable bonds is 6. The number of amides is 1. The Morgan fingerprint density at radius 1 is 1.06 bits per heavy atom. The van der Waals surface area contributed by atoms with Gasteiger partial charge in [-0.05, 0) is 49.4 Å². The molecule has 3 aromatic carbocycles. The maximum absolute atomic E-state index is 12.8. The molecule has 0 saturated heterocycles. The second-order valence-corrected chi connectivity index (χ2v) is 9.56. The molecule has 0 fully saturated rings. The van der Waals surface area contributed by atoms with Crippen molar-refractivity contribution in [2.24, 2.45) is 0 Å². The molecular formula is C23H19ClN4O5S. The van der Waals surface area contributed by atoms with E-state index in [2.05, 4.69) is 15.1 Å². The Hall–Kier alpha value is -3.89. The number of hydrogen-bond acceptors (Lipinski definition) is 6. The van der Waals surface area contributed by atoms with Crippen LogP contribution in [0.3, 0.4) is 0 Å². The molecule has 0 saturated carbocycles. The van der Waals surface area contributed by atoms with Crippen molar-refractivity contribution < 1.29 is 18.3 Å². The second kappa shape index (κ2) is 9.16. The highest BCUT2D eigenvalue weighted by molar-refractivity contribution is 7.92. The van der Waals surface area contributed by atoms with E-state index < -0.39 is 28.0 Å². The normalized spacial score (nSPS) is 11.4. The number of aromatic nitrogens is 2. The molecule has 0 atom stereocenters. The third kappa shape index (κ3) is 4.87. The lowest BCUT2D eigenvalue weighted by Gasteiger charge is -2.13. The Bertz CT molecular complexity index is 1580. The van der Waals surface area contributed by atoms with E-state index in [1.54, 1.807) is 43.3 Å². The molecule has 0 aliphatic rings. The molecule has 174 valence electrons. The summed E-state index contributed by atoms with van der Waals surface area (Å²) in [5.41, 5.74) is 0.251. The Morgan fingerprint density at radius 2 is 1.79 bits per heavy atom. The number of sulfonamides is 1. The molecule has 1 heterocycles. The number of nitrogens with zero attached hydrogens (tertiary/aromatic N) is 2. The first-order valence-electron chi connectivity index (χ1n) is 10.0.